The zero-order chi connectivity index (χ0) is 29.9. The molecule has 9 atom stereocenters. The van der Waals surface area contributed by atoms with E-state index >= 15 is 0 Å². The first kappa shape index (κ1) is 28.5. The molecule has 42 heavy (non-hydrogen) atoms. The Balaban J connectivity index is 1.27. The van der Waals surface area contributed by atoms with Crippen LogP contribution in [0.2, 0.25) is 0 Å². The molecule has 0 aliphatic carbocycles. The maximum absolute atomic E-state index is 13.8. The third-order valence-electron chi connectivity index (χ3n) is 7.50. The van der Waals surface area contributed by atoms with Crippen molar-refractivity contribution >= 4 is 41.7 Å². The Labute approximate surface area is 234 Å². The van der Waals surface area contributed by atoms with Gasteiger partial charge in [-0.05, 0) is 6.54 Å². The summed E-state index contributed by atoms with van der Waals surface area (Å²) in [5.41, 5.74) is 15.8. The third kappa shape index (κ3) is 4.53. The fourth-order valence-electron chi connectivity index (χ4n) is 5.44. The van der Waals surface area contributed by atoms with Crippen molar-refractivity contribution in [3.63, 3.8) is 0 Å². The van der Waals surface area contributed by atoms with E-state index in [9.17, 15) is 29.6 Å². The molecule has 2 fully saturated rings. The zero-order valence-corrected chi connectivity index (χ0v) is 22.5. The number of ether oxygens (including phenoxy) is 2. The first-order chi connectivity index (χ1) is 20.1. The number of aromatic amines is 1. The molecule has 2 saturated heterocycles. The molecule has 21 heteroatoms. The lowest BCUT2D eigenvalue weighted by Gasteiger charge is -2.28. The van der Waals surface area contributed by atoms with Crippen molar-refractivity contribution in [2.45, 2.75) is 42.5 Å². The van der Waals surface area contributed by atoms with Gasteiger partial charge in [0.05, 0.1) is 32.0 Å². The number of anilines is 2. The average Bonchev–Trinajstić information content (AvgIpc) is 3.72. The lowest BCUT2D eigenvalue weighted by Crippen LogP contribution is -2.36. The van der Waals surface area contributed by atoms with Crippen LogP contribution in [0, 0.1) is 5.92 Å². The van der Waals surface area contributed by atoms with Gasteiger partial charge in [-0.1, -0.05) is 0 Å². The zero-order valence-electron chi connectivity index (χ0n) is 21.6. The molecular weight excluding hydrogens is 581 g/mol. The predicted molar refractivity (Wildman–Crippen MR) is 141 cm³/mol. The Hall–Kier alpha value is -3.59. The van der Waals surface area contributed by atoms with Crippen molar-refractivity contribution in [2.24, 2.45) is 11.7 Å². The number of hydrogen-bond acceptors (Lipinski definition) is 16. The monoisotopic (exact) mass is 609 g/mol. The fraction of sp³-hybridized carbons (Fsp3) is 0.524. The summed E-state index contributed by atoms with van der Waals surface area (Å²) in [6.45, 7) is -1.35. The quantitative estimate of drug-likeness (QED) is 0.0910. The van der Waals surface area contributed by atoms with Gasteiger partial charge in [-0.2, -0.15) is 4.98 Å². The van der Waals surface area contributed by atoms with E-state index in [-0.39, 0.29) is 40.6 Å². The van der Waals surface area contributed by atoms with Crippen molar-refractivity contribution in [3.05, 3.63) is 29.3 Å². The van der Waals surface area contributed by atoms with E-state index in [1.54, 1.807) is 0 Å². The number of nitrogens with zero attached hydrogens (tertiary/aromatic N) is 7. The molecule has 0 amide bonds. The van der Waals surface area contributed by atoms with E-state index < -0.39 is 74.8 Å². The molecule has 4 aromatic heterocycles. The third-order valence-corrected chi connectivity index (χ3v) is 9.41. The van der Waals surface area contributed by atoms with Gasteiger partial charge in [0.1, 0.15) is 35.8 Å². The number of fused-ring (bicyclic) bond motifs is 2. The first-order valence-electron chi connectivity index (χ1n) is 12.7. The highest BCUT2D eigenvalue weighted by atomic mass is 31.2. The van der Waals surface area contributed by atoms with Crippen LogP contribution < -0.4 is 22.8 Å². The smallest absolute Gasteiger partial charge is 0.336 e. The predicted octanol–water partition coefficient (Wildman–Crippen LogP) is -3.22. The molecule has 0 saturated carbocycles. The number of rotatable bonds is 8. The van der Waals surface area contributed by atoms with E-state index in [4.69, 9.17) is 31.2 Å². The van der Waals surface area contributed by atoms with Gasteiger partial charge in [-0.15, -0.1) is 0 Å². The lowest BCUT2D eigenvalue weighted by atomic mass is 10.0. The fourth-order valence-corrected chi connectivity index (χ4v) is 7.31. The van der Waals surface area contributed by atoms with Crippen LogP contribution in [-0.4, -0.2) is 109 Å². The minimum atomic E-state index is -4.73. The highest BCUT2D eigenvalue weighted by molar-refractivity contribution is 7.53. The number of nitrogens with one attached hydrogen (secondary N) is 1. The molecule has 0 spiro atoms. The Morgan fingerprint density at radius 3 is 2.40 bits per heavy atom. The van der Waals surface area contributed by atoms with E-state index in [2.05, 4.69) is 29.9 Å². The second kappa shape index (κ2) is 10.6. The van der Waals surface area contributed by atoms with Gasteiger partial charge in [0.2, 0.25) is 5.95 Å². The molecule has 6 heterocycles. The molecule has 1 unspecified atom stereocenters. The summed E-state index contributed by atoms with van der Waals surface area (Å²) in [6.07, 6.45) is -4.06. The number of imidazole rings is 2. The second-order valence-corrected chi connectivity index (χ2v) is 11.9. The molecule has 2 aliphatic heterocycles. The van der Waals surface area contributed by atoms with Gasteiger partial charge >= 0.3 is 7.60 Å². The van der Waals surface area contributed by atoms with Crippen molar-refractivity contribution in [3.8, 4) is 0 Å². The number of nitrogen functional groups attached to an aromatic ring is 2. The van der Waals surface area contributed by atoms with Gasteiger partial charge in [0, 0.05) is 5.92 Å². The highest BCUT2D eigenvalue weighted by Gasteiger charge is 2.55. The van der Waals surface area contributed by atoms with Crippen LogP contribution in [0.25, 0.3) is 22.3 Å². The van der Waals surface area contributed by atoms with Gasteiger partial charge < -0.3 is 51.4 Å². The van der Waals surface area contributed by atoms with Crippen LogP contribution in [0.3, 0.4) is 0 Å². The number of aromatic nitrogens is 8. The Bertz CT molecular complexity index is 1730. The molecule has 4 aromatic rings. The summed E-state index contributed by atoms with van der Waals surface area (Å²) >= 11 is 0. The highest BCUT2D eigenvalue weighted by Crippen LogP contribution is 2.59. The molecule has 6 rings (SSSR count). The summed E-state index contributed by atoms with van der Waals surface area (Å²) < 4.78 is 33.6. The van der Waals surface area contributed by atoms with Crippen LogP contribution in [0.1, 0.15) is 12.5 Å². The molecular formula is C21H28N11O9P. The number of aliphatic hydroxyl groups is 3. The number of aliphatic hydroxyl groups excluding tert-OH is 3. The van der Waals surface area contributed by atoms with Crippen LogP contribution >= 0.6 is 7.60 Å². The average molecular weight is 609 g/mol. The van der Waals surface area contributed by atoms with Crippen molar-refractivity contribution in [1.29, 1.82) is 0 Å². The Kier molecular flexibility index (Phi) is 7.20. The number of nitrogens with two attached hydrogens (primary N) is 3. The van der Waals surface area contributed by atoms with Gasteiger partial charge in [0.25, 0.3) is 5.56 Å². The van der Waals surface area contributed by atoms with E-state index in [1.807, 2.05) is 0 Å². The normalized spacial score (nSPS) is 31.3. The minimum absolute atomic E-state index is 0.0295. The summed E-state index contributed by atoms with van der Waals surface area (Å²) in [5.74, 6) is -1.01. The van der Waals surface area contributed by atoms with Crippen LogP contribution in [0.15, 0.2) is 23.8 Å². The van der Waals surface area contributed by atoms with E-state index in [0.29, 0.717) is 0 Å². The Morgan fingerprint density at radius 1 is 1.00 bits per heavy atom. The summed E-state index contributed by atoms with van der Waals surface area (Å²) in [5, 5.41) is 31.4. The largest absolute Gasteiger partial charge is 0.394 e. The second-order valence-electron chi connectivity index (χ2n) is 9.90. The van der Waals surface area contributed by atoms with Crippen molar-refractivity contribution in [1.82, 2.24) is 39.0 Å². The van der Waals surface area contributed by atoms with Crippen LogP contribution in [0.5, 0.6) is 0 Å². The summed E-state index contributed by atoms with van der Waals surface area (Å²) in [6, 6.07) is 0. The maximum atomic E-state index is 13.8. The molecule has 0 bridgehead atoms. The topological polar surface area (TPSA) is 311 Å². The number of hydrogen-bond donors (Lipinski definition) is 8. The van der Waals surface area contributed by atoms with Crippen molar-refractivity contribution in [2.75, 3.05) is 31.2 Å². The van der Waals surface area contributed by atoms with Crippen LogP contribution in [0.4, 0.5) is 11.8 Å². The molecule has 11 N–H and O–H groups in total. The van der Waals surface area contributed by atoms with Gasteiger partial charge in [-0.3, -0.25) is 23.5 Å². The molecule has 226 valence electrons. The number of H-pyrrole nitrogens is 1. The molecule has 2 aliphatic rings. The minimum Gasteiger partial charge on any atom is -0.394 e. The molecule has 20 nitrogen and oxygen atoms in total. The molecule has 0 aromatic carbocycles. The SMILES string of the molecule is NC[C@H]1[C@@H](P(=O)(O)OC[C@H]2O[C@@H](n3cnc4c(N)ncnc43)[C@H](O)[C@@H]2O)[C@H](n2cnc3c(=O)[nH]c(N)nc32)O[C@@H]1CO. The summed E-state index contributed by atoms with van der Waals surface area (Å²) in [7, 11) is -4.73. The van der Waals surface area contributed by atoms with E-state index in [1.165, 1.54) is 28.1 Å². The first-order valence-corrected chi connectivity index (χ1v) is 14.3. The van der Waals surface area contributed by atoms with E-state index in [0.717, 1.165) is 0 Å². The van der Waals surface area contributed by atoms with Crippen LogP contribution in [-0.2, 0) is 18.6 Å². The summed E-state index contributed by atoms with van der Waals surface area (Å²) in [4.78, 5) is 46.0. The van der Waals surface area contributed by atoms with Gasteiger partial charge in [-0.25, -0.2) is 19.9 Å². The van der Waals surface area contributed by atoms with Gasteiger partial charge in [0.15, 0.2) is 35.1 Å². The maximum Gasteiger partial charge on any atom is 0.336 e. The lowest BCUT2D eigenvalue weighted by molar-refractivity contribution is -0.0495. The Morgan fingerprint density at radius 2 is 1.69 bits per heavy atom. The molecule has 0 radical (unpaired) electrons. The standard InChI is InChI=1S/C21H28N11O9P/c22-1-7-8(2-33)40-20(32-6-28-11-17(32)29-21(24)30-18(11)36)14(7)42(37,38)39-3-9-12(34)13(35)19(41-9)31-5-27-10-15(23)25-4-26-16(10)31/h4-9,12-14,19-20,33-35H,1-3,22H2,(H,37,38)(H2,23,25,26)(H3,24,29,30,36)/t7-,8-,9-,12-,13-,14-,19-,20-/m1/s1. The van der Waals surface area contributed by atoms with Crippen molar-refractivity contribution < 1.29 is 38.8 Å².